The normalized spacial score (nSPS) is 33.1. The minimum atomic E-state index is -0.517. The molecule has 2 atom stereocenters. The molecule has 0 aliphatic carbocycles. The summed E-state index contributed by atoms with van der Waals surface area (Å²) in [5.41, 5.74) is 6.30. The number of carbonyl (C=O) groups is 1. The molecule has 2 unspecified atom stereocenters. The van der Waals surface area contributed by atoms with Gasteiger partial charge >= 0.3 is 0 Å². The number of carbonyl (C=O) groups excluding carboxylic acids is 1. The maximum atomic E-state index is 11.8. The molecule has 0 aromatic rings. The van der Waals surface area contributed by atoms with E-state index in [1.165, 1.54) is 0 Å². The standard InChI is InChI=1S/C10H17NO2/c1-7(2)4-9(12)10(3)6-13-5-8(10)11/h4,8H,5-6,11H2,1-3H3. The maximum Gasteiger partial charge on any atom is 0.165 e. The van der Waals surface area contributed by atoms with E-state index in [0.717, 1.165) is 5.57 Å². The smallest absolute Gasteiger partial charge is 0.165 e. The van der Waals surface area contributed by atoms with Crippen molar-refractivity contribution >= 4 is 5.78 Å². The van der Waals surface area contributed by atoms with Crippen molar-refractivity contribution in [1.29, 1.82) is 0 Å². The first-order chi connectivity index (χ1) is 5.97. The van der Waals surface area contributed by atoms with Crippen LogP contribution >= 0.6 is 0 Å². The Morgan fingerprint density at radius 3 is 2.62 bits per heavy atom. The Morgan fingerprint density at radius 1 is 1.62 bits per heavy atom. The van der Waals surface area contributed by atoms with Gasteiger partial charge in [0.15, 0.2) is 5.78 Å². The molecule has 1 aliphatic heterocycles. The Labute approximate surface area is 78.9 Å². The molecule has 0 spiro atoms. The summed E-state index contributed by atoms with van der Waals surface area (Å²) in [7, 11) is 0. The van der Waals surface area contributed by atoms with E-state index < -0.39 is 5.41 Å². The molecule has 1 fully saturated rings. The van der Waals surface area contributed by atoms with Crippen molar-refractivity contribution in [3.05, 3.63) is 11.6 Å². The molecule has 1 rings (SSSR count). The molecule has 0 radical (unpaired) electrons. The zero-order valence-corrected chi connectivity index (χ0v) is 8.46. The van der Waals surface area contributed by atoms with Crippen molar-refractivity contribution < 1.29 is 9.53 Å². The number of allylic oxidation sites excluding steroid dienone is 2. The Bertz CT molecular complexity index is 243. The highest BCUT2D eigenvalue weighted by molar-refractivity contribution is 5.96. The highest BCUT2D eigenvalue weighted by Gasteiger charge is 2.42. The summed E-state index contributed by atoms with van der Waals surface area (Å²) in [4.78, 5) is 11.8. The van der Waals surface area contributed by atoms with Gasteiger partial charge in [0.2, 0.25) is 0 Å². The molecule has 1 heterocycles. The number of nitrogens with two attached hydrogens (primary N) is 1. The number of ether oxygens (including phenoxy) is 1. The molecule has 0 aromatic heterocycles. The molecule has 0 bridgehead atoms. The lowest BCUT2D eigenvalue weighted by Crippen LogP contribution is -2.43. The van der Waals surface area contributed by atoms with Gasteiger partial charge in [-0.05, 0) is 26.8 Å². The van der Waals surface area contributed by atoms with E-state index in [9.17, 15) is 4.79 Å². The van der Waals surface area contributed by atoms with E-state index >= 15 is 0 Å². The fourth-order valence-corrected chi connectivity index (χ4v) is 1.37. The third-order valence-electron chi connectivity index (χ3n) is 2.50. The topological polar surface area (TPSA) is 52.3 Å². The molecule has 0 aromatic carbocycles. The van der Waals surface area contributed by atoms with Crippen molar-refractivity contribution in [2.75, 3.05) is 13.2 Å². The SMILES string of the molecule is CC(C)=CC(=O)C1(C)COCC1N. The van der Waals surface area contributed by atoms with Gasteiger partial charge in [-0.2, -0.15) is 0 Å². The van der Waals surface area contributed by atoms with Crippen molar-refractivity contribution in [1.82, 2.24) is 0 Å². The van der Waals surface area contributed by atoms with Crippen LogP contribution in [0.4, 0.5) is 0 Å². The quantitative estimate of drug-likeness (QED) is 0.647. The first-order valence-corrected chi connectivity index (χ1v) is 4.49. The van der Waals surface area contributed by atoms with E-state index in [1.54, 1.807) is 6.08 Å². The fraction of sp³-hybridized carbons (Fsp3) is 0.700. The Balaban J connectivity index is 2.80. The van der Waals surface area contributed by atoms with Gasteiger partial charge < -0.3 is 10.5 Å². The van der Waals surface area contributed by atoms with Crippen LogP contribution in [0.3, 0.4) is 0 Å². The predicted molar refractivity (Wildman–Crippen MR) is 51.3 cm³/mol. The third-order valence-corrected chi connectivity index (χ3v) is 2.50. The summed E-state index contributed by atoms with van der Waals surface area (Å²) in [6.45, 7) is 6.60. The van der Waals surface area contributed by atoms with Crippen molar-refractivity contribution in [3.63, 3.8) is 0 Å². The molecule has 0 amide bonds. The van der Waals surface area contributed by atoms with Crippen LogP contribution in [-0.2, 0) is 9.53 Å². The fourth-order valence-electron chi connectivity index (χ4n) is 1.37. The summed E-state index contributed by atoms with van der Waals surface area (Å²) in [5, 5.41) is 0. The summed E-state index contributed by atoms with van der Waals surface area (Å²) in [6.07, 6.45) is 1.65. The van der Waals surface area contributed by atoms with Crippen molar-refractivity contribution in [2.45, 2.75) is 26.8 Å². The van der Waals surface area contributed by atoms with Gasteiger partial charge in [0.05, 0.1) is 18.6 Å². The summed E-state index contributed by atoms with van der Waals surface area (Å²) in [6, 6.07) is -0.171. The van der Waals surface area contributed by atoms with Gasteiger partial charge in [-0.1, -0.05) is 5.57 Å². The lowest BCUT2D eigenvalue weighted by molar-refractivity contribution is -0.123. The third kappa shape index (κ3) is 1.98. The second kappa shape index (κ2) is 3.60. The predicted octanol–water partition coefficient (Wildman–Crippen LogP) is 0.885. The lowest BCUT2D eigenvalue weighted by atomic mass is 9.81. The van der Waals surface area contributed by atoms with Gasteiger partial charge in [-0.3, -0.25) is 4.79 Å². The van der Waals surface area contributed by atoms with Crippen LogP contribution in [-0.4, -0.2) is 25.0 Å². The zero-order chi connectivity index (χ0) is 10.1. The van der Waals surface area contributed by atoms with Crippen LogP contribution < -0.4 is 5.73 Å². The number of hydrogen-bond acceptors (Lipinski definition) is 3. The molecule has 13 heavy (non-hydrogen) atoms. The minimum Gasteiger partial charge on any atom is -0.379 e. The second-order valence-corrected chi connectivity index (χ2v) is 4.13. The zero-order valence-electron chi connectivity index (χ0n) is 8.46. The maximum absolute atomic E-state index is 11.8. The average molecular weight is 183 g/mol. The van der Waals surface area contributed by atoms with Gasteiger partial charge in [0.1, 0.15) is 0 Å². The monoisotopic (exact) mass is 183 g/mol. The Hall–Kier alpha value is -0.670. The molecular formula is C10H17NO2. The highest BCUT2D eigenvalue weighted by atomic mass is 16.5. The van der Waals surface area contributed by atoms with E-state index in [-0.39, 0.29) is 11.8 Å². The van der Waals surface area contributed by atoms with Crippen LogP contribution in [0, 0.1) is 5.41 Å². The minimum absolute atomic E-state index is 0.0810. The van der Waals surface area contributed by atoms with Gasteiger partial charge in [-0.15, -0.1) is 0 Å². The van der Waals surface area contributed by atoms with E-state index in [2.05, 4.69) is 0 Å². The van der Waals surface area contributed by atoms with E-state index in [4.69, 9.17) is 10.5 Å². The summed E-state index contributed by atoms with van der Waals surface area (Å²) < 4.78 is 5.20. The van der Waals surface area contributed by atoms with Crippen LogP contribution in [0.5, 0.6) is 0 Å². The van der Waals surface area contributed by atoms with Crippen LogP contribution in [0.15, 0.2) is 11.6 Å². The highest BCUT2D eigenvalue weighted by Crippen LogP contribution is 2.28. The molecular weight excluding hydrogens is 166 g/mol. The molecule has 2 N–H and O–H groups in total. The Kier molecular flexibility index (Phi) is 2.88. The van der Waals surface area contributed by atoms with Crippen molar-refractivity contribution in [3.8, 4) is 0 Å². The van der Waals surface area contributed by atoms with E-state index in [0.29, 0.717) is 13.2 Å². The number of ketones is 1. The van der Waals surface area contributed by atoms with E-state index in [1.807, 2.05) is 20.8 Å². The molecule has 0 saturated carbocycles. The van der Waals surface area contributed by atoms with Gasteiger partial charge in [-0.25, -0.2) is 0 Å². The Morgan fingerprint density at radius 2 is 2.23 bits per heavy atom. The van der Waals surface area contributed by atoms with Crippen LogP contribution in [0.2, 0.25) is 0 Å². The van der Waals surface area contributed by atoms with Crippen LogP contribution in [0.1, 0.15) is 20.8 Å². The summed E-state index contributed by atoms with van der Waals surface area (Å²) in [5.74, 6) is 0.0810. The largest absolute Gasteiger partial charge is 0.379 e. The number of rotatable bonds is 2. The van der Waals surface area contributed by atoms with Gasteiger partial charge in [0, 0.05) is 6.04 Å². The number of hydrogen-bond donors (Lipinski definition) is 1. The first kappa shape index (κ1) is 10.4. The van der Waals surface area contributed by atoms with Crippen molar-refractivity contribution in [2.24, 2.45) is 11.1 Å². The molecule has 74 valence electrons. The molecule has 3 heteroatoms. The van der Waals surface area contributed by atoms with Gasteiger partial charge in [0.25, 0.3) is 0 Å². The molecule has 1 aliphatic rings. The average Bonchev–Trinajstić information content (AvgIpc) is 2.32. The molecule has 3 nitrogen and oxygen atoms in total. The first-order valence-electron chi connectivity index (χ1n) is 4.49. The summed E-state index contributed by atoms with van der Waals surface area (Å²) >= 11 is 0. The second-order valence-electron chi connectivity index (χ2n) is 4.13. The van der Waals surface area contributed by atoms with Crippen LogP contribution in [0.25, 0.3) is 0 Å². The molecule has 1 saturated heterocycles. The lowest BCUT2D eigenvalue weighted by Gasteiger charge is -2.23.